The van der Waals surface area contributed by atoms with Crippen LogP contribution >= 0.6 is 23.2 Å². The molecule has 8 heteroatoms. The van der Waals surface area contributed by atoms with Crippen LogP contribution in [0.4, 0.5) is 0 Å². The molecule has 0 saturated carbocycles. The highest BCUT2D eigenvalue weighted by Gasteiger charge is 2.05. The van der Waals surface area contributed by atoms with Crippen molar-refractivity contribution in [1.82, 2.24) is 15.4 Å². The number of benzene rings is 2. The summed E-state index contributed by atoms with van der Waals surface area (Å²) in [6.45, 7) is -0.220. The van der Waals surface area contributed by atoms with Gasteiger partial charge in [0.15, 0.2) is 6.61 Å². The van der Waals surface area contributed by atoms with Crippen molar-refractivity contribution in [1.29, 1.82) is 0 Å². The Morgan fingerprint density at radius 1 is 1.12 bits per heavy atom. The summed E-state index contributed by atoms with van der Waals surface area (Å²) < 4.78 is 5.32. The summed E-state index contributed by atoms with van der Waals surface area (Å²) >= 11 is 11.8. The summed E-state index contributed by atoms with van der Waals surface area (Å²) in [6, 6.07) is 10.2. The molecule has 0 aliphatic heterocycles. The molecule has 0 radical (unpaired) electrons. The van der Waals surface area contributed by atoms with E-state index >= 15 is 0 Å². The Bertz CT molecular complexity index is 947. The lowest BCUT2D eigenvalue weighted by atomic mass is 10.2. The molecule has 0 saturated heterocycles. The lowest BCUT2D eigenvalue weighted by Gasteiger charge is -2.07. The summed E-state index contributed by atoms with van der Waals surface area (Å²) in [5.74, 6) is -0.0406. The Morgan fingerprint density at radius 2 is 1.92 bits per heavy atom. The lowest BCUT2D eigenvalue weighted by Crippen LogP contribution is -2.24. The third-order valence-corrected chi connectivity index (χ3v) is 3.68. The summed E-state index contributed by atoms with van der Waals surface area (Å²) in [7, 11) is 0. The lowest BCUT2D eigenvalue weighted by molar-refractivity contribution is -0.123. The van der Waals surface area contributed by atoms with Gasteiger partial charge in [-0.15, -0.1) is 0 Å². The zero-order valence-corrected chi connectivity index (χ0v) is 14.3. The van der Waals surface area contributed by atoms with Gasteiger partial charge in [-0.25, -0.2) is 5.43 Å². The fraction of sp³-hybridized carbons (Fsp3) is 0.0588. The van der Waals surface area contributed by atoms with Crippen LogP contribution in [0, 0.1) is 0 Å². The van der Waals surface area contributed by atoms with E-state index in [0.29, 0.717) is 15.8 Å². The van der Waals surface area contributed by atoms with Crippen molar-refractivity contribution in [3.05, 3.63) is 64.4 Å². The number of rotatable bonds is 5. The molecule has 1 aromatic heterocycles. The number of nitrogens with one attached hydrogen (secondary N) is 1. The van der Waals surface area contributed by atoms with E-state index in [4.69, 9.17) is 27.9 Å². The van der Waals surface area contributed by atoms with Gasteiger partial charge in [0, 0.05) is 17.4 Å². The number of aromatic nitrogens is 2. The van der Waals surface area contributed by atoms with E-state index < -0.39 is 5.91 Å². The van der Waals surface area contributed by atoms with E-state index in [2.05, 4.69) is 20.5 Å². The predicted octanol–water partition coefficient (Wildman–Crippen LogP) is 3.47. The number of nitrogens with zero attached hydrogens (tertiary/aromatic N) is 3. The molecular formula is C17H12Cl2N4O2. The van der Waals surface area contributed by atoms with Crippen LogP contribution in [0.15, 0.2) is 53.9 Å². The molecule has 0 atom stereocenters. The van der Waals surface area contributed by atoms with Crippen molar-refractivity contribution < 1.29 is 9.53 Å². The van der Waals surface area contributed by atoms with Crippen LogP contribution in [-0.4, -0.2) is 28.7 Å². The van der Waals surface area contributed by atoms with Gasteiger partial charge in [-0.2, -0.15) is 5.10 Å². The fourth-order valence-corrected chi connectivity index (χ4v) is 2.47. The number of amides is 1. The molecule has 0 bridgehead atoms. The second-order valence-electron chi connectivity index (χ2n) is 4.96. The summed E-state index contributed by atoms with van der Waals surface area (Å²) in [6.07, 6.45) is 4.76. The normalized spacial score (nSPS) is 11.0. The van der Waals surface area contributed by atoms with Gasteiger partial charge in [0.2, 0.25) is 0 Å². The summed E-state index contributed by atoms with van der Waals surface area (Å²) in [5.41, 5.74) is 4.71. The first-order valence-electron chi connectivity index (χ1n) is 7.22. The molecule has 25 heavy (non-hydrogen) atoms. The molecule has 0 aliphatic carbocycles. The van der Waals surface area contributed by atoms with E-state index in [1.54, 1.807) is 24.5 Å². The van der Waals surface area contributed by atoms with Crippen molar-refractivity contribution in [3.8, 4) is 5.75 Å². The van der Waals surface area contributed by atoms with Crippen LogP contribution in [0.25, 0.3) is 11.0 Å². The van der Waals surface area contributed by atoms with Crippen molar-refractivity contribution >= 4 is 46.4 Å². The number of ether oxygens (including phenoxy) is 1. The number of carbonyl (C=O) groups is 1. The van der Waals surface area contributed by atoms with E-state index in [-0.39, 0.29) is 6.61 Å². The molecular weight excluding hydrogens is 363 g/mol. The third-order valence-electron chi connectivity index (χ3n) is 3.15. The molecule has 6 nitrogen and oxygen atoms in total. The van der Waals surface area contributed by atoms with Crippen LogP contribution in [0.5, 0.6) is 5.75 Å². The highest BCUT2D eigenvalue weighted by molar-refractivity contribution is 6.35. The van der Waals surface area contributed by atoms with Crippen molar-refractivity contribution in [2.45, 2.75) is 0 Å². The number of hydrogen-bond acceptors (Lipinski definition) is 5. The zero-order valence-electron chi connectivity index (χ0n) is 12.8. The topological polar surface area (TPSA) is 76.5 Å². The Hall–Kier alpha value is -2.70. The third kappa shape index (κ3) is 4.65. The van der Waals surface area contributed by atoms with Gasteiger partial charge in [-0.1, -0.05) is 29.3 Å². The summed E-state index contributed by atoms with van der Waals surface area (Å²) in [5, 5.41) is 4.72. The predicted molar refractivity (Wildman–Crippen MR) is 97.2 cm³/mol. The van der Waals surface area contributed by atoms with Gasteiger partial charge < -0.3 is 4.74 Å². The second-order valence-corrected chi connectivity index (χ2v) is 5.80. The molecule has 0 unspecified atom stereocenters. The molecule has 1 amide bonds. The van der Waals surface area contributed by atoms with E-state index in [9.17, 15) is 4.79 Å². The SMILES string of the molecule is O=C(COc1ccc(Cl)cc1Cl)N/N=C/c1ccc2nccnc2c1. The maximum Gasteiger partial charge on any atom is 0.277 e. The van der Waals surface area contributed by atoms with Gasteiger partial charge in [0.05, 0.1) is 22.3 Å². The Labute approximate surface area is 153 Å². The molecule has 1 N–H and O–H groups in total. The molecule has 2 aromatic carbocycles. The number of halogens is 2. The first-order valence-corrected chi connectivity index (χ1v) is 7.98. The number of carbonyl (C=O) groups excluding carboxylic acids is 1. The Kier molecular flexibility index (Phi) is 5.42. The van der Waals surface area contributed by atoms with Gasteiger partial charge in [0.1, 0.15) is 5.75 Å². The van der Waals surface area contributed by atoms with Gasteiger partial charge >= 0.3 is 0 Å². The maximum absolute atomic E-state index is 11.8. The summed E-state index contributed by atoms with van der Waals surface area (Å²) in [4.78, 5) is 20.1. The van der Waals surface area contributed by atoms with Crippen LogP contribution in [0.2, 0.25) is 10.0 Å². The molecule has 126 valence electrons. The van der Waals surface area contributed by atoms with Crippen molar-refractivity contribution in [2.75, 3.05) is 6.61 Å². The molecule has 0 aliphatic rings. The van der Waals surface area contributed by atoms with Crippen LogP contribution in [-0.2, 0) is 4.79 Å². The number of hydrazone groups is 1. The van der Waals surface area contributed by atoms with E-state index in [1.807, 2.05) is 18.2 Å². The van der Waals surface area contributed by atoms with Crippen LogP contribution in [0.1, 0.15) is 5.56 Å². The largest absolute Gasteiger partial charge is 0.482 e. The monoisotopic (exact) mass is 374 g/mol. The minimum absolute atomic E-state index is 0.220. The van der Waals surface area contributed by atoms with Gasteiger partial charge in [0.25, 0.3) is 5.91 Å². The average molecular weight is 375 g/mol. The van der Waals surface area contributed by atoms with Crippen LogP contribution < -0.4 is 10.2 Å². The highest BCUT2D eigenvalue weighted by atomic mass is 35.5. The highest BCUT2D eigenvalue weighted by Crippen LogP contribution is 2.27. The Balaban J connectivity index is 1.54. The fourth-order valence-electron chi connectivity index (χ4n) is 2.01. The van der Waals surface area contributed by atoms with Gasteiger partial charge in [-0.05, 0) is 35.9 Å². The quantitative estimate of drug-likeness (QED) is 0.547. The molecule has 3 aromatic rings. The Morgan fingerprint density at radius 3 is 2.72 bits per heavy atom. The van der Waals surface area contributed by atoms with Crippen LogP contribution in [0.3, 0.4) is 0 Å². The maximum atomic E-state index is 11.8. The minimum atomic E-state index is -0.414. The molecule has 3 rings (SSSR count). The molecule has 0 fully saturated rings. The van der Waals surface area contributed by atoms with E-state index in [0.717, 1.165) is 16.6 Å². The van der Waals surface area contributed by atoms with Gasteiger partial charge in [-0.3, -0.25) is 14.8 Å². The number of fused-ring (bicyclic) bond motifs is 1. The minimum Gasteiger partial charge on any atom is -0.482 e. The first-order chi connectivity index (χ1) is 12.1. The second kappa shape index (κ2) is 7.92. The van der Waals surface area contributed by atoms with Crippen molar-refractivity contribution in [2.24, 2.45) is 5.10 Å². The molecule has 1 heterocycles. The van der Waals surface area contributed by atoms with E-state index in [1.165, 1.54) is 12.3 Å². The van der Waals surface area contributed by atoms with Crippen molar-refractivity contribution in [3.63, 3.8) is 0 Å². The molecule has 0 spiro atoms. The zero-order chi connectivity index (χ0) is 17.6. The number of hydrogen-bond donors (Lipinski definition) is 1. The average Bonchev–Trinajstić information content (AvgIpc) is 2.61. The first kappa shape index (κ1) is 17.1. The smallest absolute Gasteiger partial charge is 0.277 e. The standard InChI is InChI=1S/C17H12Cl2N4O2/c18-12-2-4-16(13(19)8-12)25-10-17(24)23-22-9-11-1-3-14-15(7-11)21-6-5-20-14/h1-9H,10H2,(H,23,24)/b22-9+.